The summed E-state index contributed by atoms with van der Waals surface area (Å²) < 4.78 is 4.66. The molecule has 0 saturated carbocycles. The fourth-order valence-corrected chi connectivity index (χ4v) is 2.66. The number of aryl methyl sites for hydroxylation is 1. The number of unbranched alkanes of at least 4 members (excludes halogenated alkanes) is 2. The second-order valence-corrected chi connectivity index (χ2v) is 5.22. The lowest BCUT2D eigenvalue weighted by atomic mass is 10.2. The van der Waals surface area contributed by atoms with Crippen LogP contribution in [0.3, 0.4) is 0 Å². The number of carbonyl (C=O) groups excluding carboxylic acids is 1. The minimum Gasteiger partial charge on any atom is -0.465 e. The highest BCUT2D eigenvalue weighted by molar-refractivity contribution is 9.09. The zero-order valence-corrected chi connectivity index (χ0v) is 11.2. The number of esters is 1. The van der Waals surface area contributed by atoms with Crippen molar-refractivity contribution in [3.05, 3.63) is 21.9 Å². The topological polar surface area (TPSA) is 26.3 Å². The molecule has 1 aromatic heterocycles. The molecule has 0 amide bonds. The van der Waals surface area contributed by atoms with Gasteiger partial charge in [0.05, 0.1) is 7.11 Å². The van der Waals surface area contributed by atoms with Crippen LogP contribution < -0.4 is 0 Å². The molecule has 0 fully saturated rings. The zero-order chi connectivity index (χ0) is 11.1. The van der Waals surface area contributed by atoms with Crippen LogP contribution in [-0.4, -0.2) is 18.4 Å². The molecule has 0 unspecified atom stereocenters. The number of thiophene rings is 1. The molecule has 0 radical (unpaired) electrons. The number of ether oxygens (including phenoxy) is 1. The summed E-state index contributed by atoms with van der Waals surface area (Å²) in [6.07, 6.45) is 4.70. The van der Waals surface area contributed by atoms with Crippen LogP contribution in [0.4, 0.5) is 0 Å². The first-order chi connectivity index (χ1) is 7.27. The van der Waals surface area contributed by atoms with Crippen molar-refractivity contribution in [1.29, 1.82) is 0 Å². The van der Waals surface area contributed by atoms with Gasteiger partial charge in [-0.1, -0.05) is 22.4 Å². The molecule has 0 aliphatic rings. The molecule has 84 valence electrons. The second kappa shape index (κ2) is 7.01. The Morgan fingerprint density at radius 2 is 2.20 bits per heavy atom. The summed E-state index contributed by atoms with van der Waals surface area (Å²) in [7, 11) is 1.41. The third-order valence-corrected chi connectivity index (χ3v) is 3.79. The lowest BCUT2D eigenvalue weighted by molar-refractivity contribution is 0.0606. The van der Waals surface area contributed by atoms with Gasteiger partial charge in [-0.15, -0.1) is 11.3 Å². The predicted octanol–water partition coefficient (Wildman–Crippen LogP) is 3.64. The van der Waals surface area contributed by atoms with Gasteiger partial charge in [-0.3, -0.25) is 0 Å². The molecule has 0 bridgehead atoms. The van der Waals surface area contributed by atoms with Crippen LogP contribution in [0.5, 0.6) is 0 Å². The minimum atomic E-state index is -0.230. The first-order valence-corrected chi connectivity index (χ1v) is 6.94. The Balaban J connectivity index is 2.36. The normalized spacial score (nSPS) is 10.3. The van der Waals surface area contributed by atoms with Gasteiger partial charge in [0.15, 0.2) is 0 Å². The number of halogens is 1. The maximum atomic E-state index is 11.2. The first-order valence-electron chi connectivity index (χ1n) is 5.01. The van der Waals surface area contributed by atoms with E-state index < -0.39 is 0 Å². The molecule has 1 heterocycles. The Kier molecular flexibility index (Phi) is 5.95. The van der Waals surface area contributed by atoms with E-state index in [1.165, 1.54) is 42.6 Å². The number of hydrogen-bond donors (Lipinski definition) is 0. The average Bonchev–Trinajstić information content (AvgIpc) is 2.72. The maximum Gasteiger partial charge on any atom is 0.348 e. The Morgan fingerprint density at radius 1 is 1.40 bits per heavy atom. The standard InChI is InChI=1S/C11H15BrO2S/c1-14-11(13)10-7-6-9(15-10)5-3-2-4-8-12/h6-7H,2-5,8H2,1H3. The maximum absolute atomic E-state index is 11.2. The number of methoxy groups -OCH3 is 1. The van der Waals surface area contributed by atoms with Gasteiger partial charge in [0.2, 0.25) is 0 Å². The van der Waals surface area contributed by atoms with Crippen LogP contribution in [0.2, 0.25) is 0 Å². The van der Waals surface area contributed by atoms with E-state index in [-0.39, 0.29) is 5.97 Å². The lowest BCUT2D eigenvalue weighted by Gasteiger charge is -1.96. The Hall–Kier alpha value is -0.350. The fraction of sp³-hybridized carbons (Fsp3) is 0.545. The molecule has 2 nitrogen and oxygen atoms in total. The summed E-state index contributed by atoms with van der Waals surface area (Å²) in [6.45, 7) is 0. The van der Waals surface area contributed by atoms with Crippen molar-refractivity contribution in [1.82, 2.24) is 0 Å². The number of hydrogen-bond acceptors (Lipinski definition) is 3. The van der Waals surface area contributed by atoms with Crippen molar-refractivity contribution in [2.75, 3.05) is 12.4 Å². The monoisotopic (exact) mass is 290 g/mol. The highest BCUT2D eigenvalue weighted by Crippen LogP contribution is 2.19. The van der Waals surface area contributed by atoms with Crippen LogP contribution in [0.25, 0.3) is 0 Å². The smallest absolute Gasteiger partial charge is 0.348 e. The Morgan fingerprint density at radius 3 is 2.87 bits per heavy atom. The molecule has 0 aliphatic carbocycles. The first kappa shape index (κ1) is 12.7. The Bertz CT molecular complexity index is 309. The third-order valence-electron chi connectivity index (χ3n) is 2.11. The number of carbonyl (C=O) groups is 1. The van der Waals surface area contributed by atoms with E-state index in [2.05, 4.69) is 20.7 Å². The fourth-order valence-electron chi connectivity index (χ4n) is 1.29. The van der Waals surface area contributed by atoms with Crippen LogP contribution in [-0.2, 0) is 11.2 Å². The molecule has 15 heavy (non-hydrogen) atoms. The quantitative estimate of drug-likeness (QED) is 0.454. The second-order valence-electron chi connectivity index (χ2n) is 3.26. The highest BCUT2D eigenvalue weighted by atomic mass is 79.9. The summed E-state index contributed by atoms with van der Waals surface area (Å²) in [5.41, 5.74) is 0. The van der Waals surface area contributed by atoms with E-state index in [4.69, 9.17) is 0 Å². The minimum absolute atomic E-state index is 0.230. The van der Waals surface area contributed by atoms with Gasteiger partial charge >= 0.3 is 5.97 Å². The molecule has 0 N–H and O–H groups in total. The molecule has 1 rings (SSSR count). The summed E-state index contributed by atoms with van der Waals surface area (Å²) in [5, 5.41) is 1.07. The lowest BCUT2D eigenvalue weighted by Crippen LogP contribution is -1.96. The van der Waals surface area contributed by atoms with Gasteiger partial charge in [0, 0.05) is 10.2 Å². The van der Waals surface area contributed by atoms with Gasteiger partial charge in [-0.05, 0) is 31.4 Å². The number of rotatable bonds is 6. The van der Waals surface area contributed by atoms with Crippen LogP contribution >= 0.6 is 27.3 Å². The average molecular weight is 291 g/mol. The largest absolute Gasteiger partial charge is 0.465 e. The van der Waals surface area contributed by atoms with E-state index in [9.17, 15) is 4.79 Å². The SMILES string of the molecule is COC(=O)c1ccc(CCCCCBr)s1. The number of alkyl halides is 1. The molecule has 4 heteroatoms. The van der Waals surface area contributed by atoms with Gasteiger partial charge in [0.25, 0.3) is 0 Å². The summed E-state index contributed by atoms with van der Waals surface area (Å²) in [5.74, 6) is -0.230. The van der Waals surface area contributed by atoms with Crippen LogP contribution in [0.1, 0.15) is 33.8 Å². The molecule has 1 aromatic rings. The summed E-state index contributed by atoms with van der Waals surface area (Å²) >= 11 is 4.95. The third kappa shape index (κ3) is 4.34. The van der Waals surface area contributed by atoms with E-state index >= 15 is 0 Å². The van der Waals surface area contributed by atoms with E-state index in [1.807, 2.05) is 12.1 Å². The van der Waals surface area contributed by atoms with Gasteiger partial charge in [0.1, 0.15) is 4.88 Å². The molecular formula is C11H15BrO2S. The zero-order valence-electron chi connectivity index (χ0n) is 8.79. The molecule has 0 aromatic carbocycles. The molecule has 0 atom stereocenters. The van der Waals surface area contributed by atoms with Crippen LogP contribution in [0, 0.1) is 0 Å². The van der Waals surface area contributed by atoms with Crippen molar-refractivity contribution >= 4 is 33.2 Å². The van der Waals surface area contributed by atoms with Crippen molar-refractivity contribution in [2.24, 2.45) is 0 Å². The van der Waals surface area contributed by atoms with E-state index in [1.54, 1.807) is 0 Å². The predicted molar refractivity (Wildman–Crippen MR) is 67.0 cm³/mol. The molecule has 0 saturated heterocycles. The van der Waals surface area contributed by atoms with Crippen molar-refractivity contribution in [3.63, 3.8) is 0 Å². The van der Waals surface area contributed by atoms with E-state index in [0.717, 1.165) is 11.8 Å². The van der Waals surface area contributed by atoms with E-state index in [0.29, 0.717) is 4.88 Å². The summed E-state index contributed by atoms with van der Waals surface area (Å²) in [4.78, 5) is 13.2. The van der Waals surface area contributed by atoms with Crippen molar-refractivity contribution < 1.29 is 9.53 Å². The van der Waals surface area contributed by atoms with Gasteiger partial charge in [-0.2, -0.15) is 0 Å². The molecule has 0 spiro atoms. The van der Waals surface area contributed by atoms with Gasteiger partial charge in [-0.25, -0.2) is 4.79 Å². The van der Waals surface area contributed by atoms with Gasteiger partial charge < -0.3 is 4.74 Å². The van der Waals surface area contributed by atoms with Crippen molar-refractivity contribution in [2.45, 2.75) is 25.7 Å². The molecular weight excluding hydrogens is 276 g/mol. The molecule has 0 aliphatic heterocycles. The Labute approximate surface area is 103 Å². The van der Waals surface area contributed by atoms with Crippen molar-refractivity contribution in [3.8, 4) is 0 Å². The summed E-state index contributed by atoms with van der Waals surface area (Å²) in [6, 6.07) is 3.86. The van der Waals surface area contributed by atoms with Crippen LogP contribution in [0.15, 0.2) is 12.1 Å². The highest BCUT2D eigenvalue weighted by Gasteiger charge is 2.08.